The SMILES string of the molecule is CC(N)(N)O[SH](=O)=O.[NaH]. The average molecular weight is 164 g/mol. The molecular formula is C2H9N2NaO3S. The second-order valence-electron chi connectivity index (χ2n) is 1.50. The van der Waals surface area contributed by atoms with E-state index in [4.69, 9.17) is 11.5 Å². The van der Waals surface area contributed by atoms with Crippen molar-refractivity contribution < 1.29 is 12.6 Å². The molecule has 0 aliphatic carbocycles. The Morgan fingerprint density at radius 2 is 1.78 bits per heavy atom. The van der Waals surface area contributed by atoms with Crippen LogP contribution in [0.2, 0.25) is 0 Å². The van der Waals surface area contributed by atoms with Gasteiger partial charge < -0.3 is 0 Å². The Balaban J connectivity index is 0. The molecule has 0 saturated heterocycles. The van der Waals surface area contributed by atoms with Gasteiger partial charge in [0, 0.05) is 0 Å². The van der Waals surface area contributed by atoms with Crippen molar-refractivity contribution >= 4 is 40.5 Å². The number of nitrogens with two attached hydrogens (primary N) is 2. The van der Waals surface area contributed by atoms with E-state index < -0.39 is 16.8 Å². The Kier molecular flexibility index (Phi) is 6.41. The van der Waals surface area contributed by atoms with Crippen LogP contribution in [0.5, 0.6) is 0 Å². The third-order valence-corrected chi connectivity index (χ3v) is 0.814. The topological polar surface area (TPSA) is 95.4 Å². The van der Waals surface area contributed by atoms with Crippen molar-refractivity contribution in [2.75, 3.05) is 0 Å². The first-order valence-electron chi connectivity index (χ1n) is 1.83. The van der Waals surface area contributed by atoms with Crippen molar-refractivity contribution in [1.82, 2.24) is 0 Å². The van der Waals surface area contributed by atoms with Gasteiger partial charge >= 0.3 is 29.6 Å². The van der Waals surface area contributed by atoms with E-state index in [1.54, 1.807) is 0 Å². The van der Waals surface area contributed by atoms with E-state index in [2.05, 4.69) is 4.18 Å². The molecule has 9 heavy (non-hydrogen) atoms. The Labute approximate surface area is 77.2 Å². The fraction of sp³-hybridized carbons (Fsp3) is 1.00. The number of hydrogen-bond donors (Lipinski definition) is 3. The maximum absolute atomic E-state index is 9.67. The predicted octanol–water partition coefficient (Wildman–Crippen LogP) is -2.53. The molecule has 0 heterocycles. The van der Waals surface area contributed by atoms with Crippen LogP contribution in [-0.2, 0) is 15.2 Å². The molecule has 5 nitrogen and oxygen atoms in total. The molecule has 0 aromatic rings. The monoisotopic (exact) mass is 164 g/mol. The van der Waals surface area contributed by atoms with E-state index in [1.165, 1.54) is 6.92 Å². The summed E-state index contributed by atoms with van der Waals surface area (Å²) >= 11 is 0. The molecule has 0 radical (unpaired) electrons. The van der Waals surface area contributed by atoms with Gasteiger partial charge in [-0.1, -0.05) is 0 Å². The zero-order chi connectivity index (χ0) is 6.78. The summed E-state index contributed by atoms with van der Waals surface area (Å²) in [7, 11) is -2.94. The van der Waals surface area contributed by atoms with Gasteiger partial charge in [-0.25, -0.2) is 12.6 Å². The van der Waals surface area contributed by atoms with Gasteiger partial charge in [-0.05, 0) is 6.92 Å². The van der Waals surface area contributed by atoms with Crippen molar-refractivity contribution in [2.45, 2.75) is 12.8 Å². The van der Waals surface area contributed by atoms with Crippen molar-refractivity contribution in [2.24, 2.45) is 11.5 Å². The number of hydrogen-bond acceptors (Lipinski definition) is 5. The molecule has 52 valence electrons. The third kappa shape index (κ3) is 12.1. The minimum atomic E-state index is -2.94. The molecule has 0 amide bonds. The van der Waals surface area contributed by atoms with Crippen LogP contribution in [0, 0.1) is 0 Å². The summed E-state index contributed by atoms with van der Waals surface area (Å²) in [6, 6.07) is 0. The maximum atomic E-state index is 9.67. The van der Waals surface area contributed by atoms with E-state index in [0.29, 0.717) is 0 Å². The second-order valence-corrected chi connectivity index (χ2v) is 2.13. The quantitative estimate of drug-likeness (QED) is 0.238. The van der Waals surface area contributed by atoms with E-state index in [-0.39, 0.29) is 29.6 Å². The molecule has 0 rings (SSSR count). The van der Waals surface area contributed by atoms with E-state index in [1.807, 2.05) is 0 Å². The molecule has 0 aromatic heterocycles. The number of rotatable bonds is 2. The molecule has 0 fully saturated rings. The molecule has 0 aromatic carbocycles. The summed E-state index contributed by atoms with van der Waals surface area (Å²) in [4.78, 5) is 0. The molecule has 0 atom stereocenters. The summed E-state index contributed by atoms with van der Waals surface area (Å²) in [5, 5.41) is 0. The first-order chi connectivity index (χ1) is 3.42. The Morgan fingerprint density at radius 3 is 1.78 bits per heavy atom. The molecule has 7 heteroatoms. The summed E-state index contributed by atoms with van der Waals surface area (Å²) in [5.74, 6) is -1.57. The van der Waals surface area contributed by atoms with Gasteiger partial charge in [-0.15, -0.1) is 0 Å². The minimum absolute atomic E-state index is 0. The van der Waals surface area contributed by atoms with Crippen LogP contribution in [0.3, 0.4) is 0 Å². The predicted molar refractivity (Wildman–Crippen MR) is 35.3 cm³/mol. The van der Waals surface area contributed by atoms with Crippen molar-refractivity contribution in [3.63, 3.8) is 0 Å². The van der Waals surface area contributed by atoms with Crippen LogP contribution in [-0.4, -0.2) is 43.8 Å². The van der Waals surface area contributed by atoms with Gasteiger partial charge in [0.25, 0.3) is 11.0 Å². The fourth-order valence-corrected chi connectivity index (χ4v) is 0.482. The third-order valence-electron chi connectivity index (χ3n) is 0.271. The van der Waals surface area contributed by atoms with E-state index >= 15 is 0 Å². The first kappa shape index (κ1) is 12.5. The molecule has 0 bridgehead atoms. The fourth-order valence-electron chi connectivity index (χ4n) is 0.161. The Bertz CT molecular complexity index is 131. The van der Waals surface area contributed by atoms with Crippen molar-refractivity contribution in [3.8, 4) is 0 Å². The molecule has 4 N–H and O–H groups in total. The summed E-state index contributed by atoms with van der Waals surface area (Å²) < 4.78 is 23.3. The van der Waals surface area contributed by atoms with E-state index in [9.17, 15) is 8.42 Å². The molecule has 0 aliphatic rings. The van der Waals surface area contributed by atoms with Crippen LogP contribution in [0.25, 0.3) is 0 Å². The molecule has 0 aliphatic heterocycles. The molecule has 0 saturated carbocycles. The van der Waals surface area contributed by atoms with Crippen LogP contribution >= 0.6 is 0 Å². The van der Waals surface area contributed by atoms with Gasteiger partial charge in [0.05, 0.1) is 0 Å². The zero-order valence-corrected chi connectivity index (χ0v) is 5.22. The van der Waals surface area contributed by atoms with Crippen LogP contribution in [0.1, 0.15) is 6.92 Å². The molecular weight excluding hydrogens is 155 g/mol. The van der Waals surface area contributed by atoms with Crippen LogP contribution < -0.4 is 11.5 Å². The summed E-state index contributed by atoms with van der Waals surface area (Å²) in [5.41, 5.74) is 9.82. The van der Waals surface area contributed by atoms with Crippen LogP contribution in [0.4, 0.5) is 0 Å². The van der Waals surface area contributed by atoms with E-state index in [0.717, 1.165) is 0 Å². The Hall–Kier alpha value is 0.830. The van der Waals surface area contributed by atoms with Gasteiger partial charge in [0.1, 0.15) is 0 Å². The first-order valence-corrected chi connectivity index (χ1v) is 2.92. The summed E-state index contributed by atoms with van der Waals surface area (Å²) in [6.45, 7) is 1.23. The van der Waals surface area contributed by atoms with Gasteiger partial charge in [-0.3, -0.25) is 11.5 Å². The van der Waals surface area contributed by atoms with Crippen molar-refractivity contribution in [3.05, 3.63) is 0 Å². The average Bonchev–Trinajstić information content (AvgIpc) is 1.21. The van der Waals surface area contributed by atoms with Gasteiger partial charge in [0.2, 0.25) is 0 Å². The summed E-state index contributed by atoms with van der Waals surface area (Å²) in [6.07, 6.45) is 0. The van der Waals surface area contributed by atoms with Gasteiger partial charge in [-0.2, -0.15) is 0 Å². The normalized spacial score (nSPS) is 11.1. The second kappa shape index (κ2) is 4.62. The zero-order valence-electron chi connectivity index (χ0n) is 4.33. The Morgan fingerprint density at radius 1 is 1.44 bits per heavy atom. The van der Waals surface area contributed by atoms with Crippen molar-refractivity contribution in [1.29, 1.82) is 0 Å². The standard InChI is InChI=1S/C2H8N2O3S.Na.H/c1-2(3,4)7-8(5)6;;/h8H,3-4H2,1H3;;. The molecule has 0 spiro atoms. The van der Waals surface area contributed by atoms with Gasteiger partial charge in [0.15, 0.2) is 5.85 Å². The molecule has 0 unspecified atom stereocenters. The van der Waals surface area contributed by atoms with Crippen LogP contribution in [0.15, 0.2) is 0 Å². The number of thiol groups is 1.